The summed E-state index contributed by atoms with van der Waals surface area (Å²) in [5, 5.41) is 14.0. The van der Waals surface area contributed by atoms with Gasteiger partial charge in [-0.25, -0.2) is 4.79 Å². The molecule has 0 spiro atoms. The summed E-state index contributed by atoms with van der Waals surface area (Å²) < 4.78 is 6.87. The zero-order valence-corrected chi connectivity index (χ0v) is 21.9. The van der Waals surface area contributed by atoms with Gasteiger partial charge in [-0.3, -0.25) is 9.59 Å². The van der Waals surface area contributed by atoms with Crippen molar-refractivity contribution in [3.8, 4) is 0 Å². The molecule has 2 aromatic carbocycles. The molecule has 196 valence electrons. The van der Waals surface area contributed by atoms with E-state index in [2.05, 4.69) is 5.32 Å². The second-order valence-electron chi connectivity index (χ2n) is 9.66. The number of amides is 2. The van der Waals surface area contributed by atoms with Crippen LogP contribution in [0.1, 0.15) is 38.0 Å². The van der Waals surface area contributed by atoms with Crippen LogP contribution in [0.15, 0.2) is 77.7 Å². The maximum absolute atomic E-state index is 12.9. The molecule has 3 rings (SSSR count). The number of anilines is 1. The number of hydrogen-bond acceptors (Lipinski definition) is 5. The summed E-state index contributed by atoms with van der Waals surface area (Å²) in [5.41, 5.74) is 1.21. The largest absolute Gasteiger partial charge is 0.444 e. The number of hydrogen-bond donors (Lipinski definition) is 2. The summed E-state index contributed by atoms with van der Waals surface area (Å²) in [5.74, 6) is -0.313. The van der Waals surface area contributed by atoms with Crippen molar-refractivity contribution >= 4 is 29.3 Å². The van der Waals surface area contributed by atoms with Gasteiger partial charge in [0.05, 0.1) is 12.6 Å². The third kappa shape index (κ3) is 9.08. The number of aliphatic hydroxyl groups is 1. The fraction of sp³-hybridized carbons (Fsp3) is 0.321. The second kappa shape index (κ2) is 12.6. The molecule has 0 saturated carbocycles. The summed E-state index contributed by atoms with van der Waals surface area (Å²) >= 11 is 6.05. The number of aromatic nitrogens is 1. The minimum atomic E-state index is -0.930. The molecule has 0 aliphatic carbocycles. The van der Waals surface area contributed by atoms with Crippen molar-refractivity contribution in [3.63, 3.8) is 0 Å². The lowest BCUT2D eigenvalue weighted by Crippen LogP contribution is -2.40. The Morgan fingerprint density at radius 2 is 1.81 bits per heavy atom. The third-order valence-electron chi connectivity index (χ3n) is 5.40. The van der Waals surface area contributed by atoms with E-state index < -0.39 is 17.8 Å². The minimum absolute atomic E-state index is 0.0439. The van der Waals surface area contributed by atoms with Crippen LogP contribution in [0, 0.1) is 0 Å². The van der Waals surface area contributed by atoms with E-state index in [-0.39, 0.29) is 24.6 Å². The molecule has 0 aliphatic heterocycles. The number of benzene rings is 2. The van der Waals surface area contributed by atoms with Crippen LogP contribution in [-0.2, 0) is 22.5 Å². The van der Waals surface area contributed by atoms with Crippen molar-refractivity contribution in [2.75, 3.05) is 18.4 Å². The van der Waals surface area contributed by atoms with E-state index in [1.807, 2.05) is 12.1 Å². The normalized spacial score (nSPS) is 12.0. The molecule has 0 saturated heterocycles. The molecular formula is C28H32ClN3O5. The molecule has 1 heterocycles. The lowest BCUT2D eigenvalue weighted by atomic mass is 10.1. The smallest absolute Gasteiger partial charge is 0.410 e. The van der Waals surface area contributed by atoms with Crippen molar-refractivity contribution in [1.29, 1.82) is 0 Å². The first kappa shape index (κ1) is 28.0. The SMILES string of the molecule is CC(C)(C)OC(=O)N(CCc1ccc(NC(=O)Cn2ccccc2=O)cc1)C[C@H](O)c1cccc(Cl)c1. The zero-order chi connectivity index (χ0) is 27.0. The Balaban J connectivity index is 1.62. The van der Waals surface area contributed by atoms with Gasteiger partial charge < -0.3 is 24.6 Å². The molecule has 9 heteroatoms. The number of ether oxygens (including phenoxy) is 1. The second-order valence-corrected chi connectivity index (χ2v) is 10.1. The predicted octanol–water partition coefficient (Wildman–Crippen LogP) is 4.65. The highest BCUT2D eigenvalue weighted by Gasteiger charge is 2.24. The van der Waals surface area contributed by atoms with E-state index in [0.717, 1.165) is 5.56 Å². The van der Waals surface area contributed by atoms with Gasteiger partial charge >= 0.3 is 6.09 Å². The van der Waals surface area contributed by atoms with Crippen molar-refractivity contribution in [1.82, 2.24) is 9.47 Å². The van der Waals surface area contributed by atoms with E-state index in [9.17, 15) is 19.5 Å². The van der Waals surface area contributed by atoms with Gasteiger partial charge in [0.1, 0.15) is 12.1 Å². The van der Waals surface area contributed by atoms with Crippen LogP contribution in [0.25, 0.3) is 0 Å². The highest BCUT2D eigenvalue weighted by Crippen LogP contribution is 2.20. The molecule has 0 aliphatic rings. The van der Waals surface area contributed by atoms with Gasteiger partial charge in [-0.15, -0.1) is 0 Å². The van der Waals surface area contributed by atoms with Crippen LogP contribution in [0.2, 0.25) is 5.02 Å². The number of rotatable bonds is 9. The molecule has 37 heavy (non-hydrogen) atoms. The first-order chi connectivity index (χ1) is 17.5. The summed E-state index contributed by atoms with van der Waals surface area (Å²) in [6, 6.07) is 18.8. The van der Waals surface area contributed by atoms with Gasteiger partial charge in [0.15, 0.2) is 0 Å². The monoisotopic (exact) mass is 525 g/mol. The first-order valence-electron chi connectivity index (χ1n) is 12.0. The Morgan fingerprint density at radius 1 is 1.08 bits per heavy atom. The summed E-state index contributed by atoms with van der Waals surface area (Å²) in [7, 11) is 0. The Hall–Kier alpha value is -3.62. The van der Waals surface area contributed by atoms with E-state index in [0.29, 0.717) is 29.2 Å². The Bertz CT molecular complexity index is 1270. The van der Waals surface area contributed by atoms with E-state index in [1.54, 1.807) is 75.5 Å². The highest BCUT2D eigenvalue weighted by atomic mass is 35.5. The molecular weight excluding hydrogens is 494 g/mol. The van der Waals surface area contributed by atoms with Crippen LogP contribution < -0.4 is 10.9 Å². The summed E-state index contributed by atoms with van der Waals surface area (Å²) in [6.45, 7) is 5.64. The number of halogens is 1. The molecule has 2 amide bonds. The standard InChI is InChI=1S/C28H32ClN3O5/c1-28(2,3)37-27(36)32(18-24(33)21-7-6-8-22(29)17-21)16-14-20-10-12-23(13-11-20)30-25(34)19-31-15-5-4-9-26(31)35/h4-13,15,17,24,33H,14,16,18-19H2,1-3H3,(H,30,34)/t24-/m0/s1. The minimum Gasteiger partial charge on any atom is -0.444 e. The van der Waals surface area contributed by atoms with Crippen LogP contribution in [0.3, 0.4) is 0 Å². The Kier molecular flexibility index (Phi) is 9.49. The van der Waals surface area contributed by atoms with Crippen molar-refractivity contribution in [2.45, 2.75) is 45.4 Å². The fourth-order valence-electron chi connectivity index (χ4n) is 3.58. The van der Waals surface area contributed by atoms with Crippen molar-refractivity contribution in [2.24, 2.45) is 0 Å². The number of pyridine rings is 1. The molecule has 2 N–H and O–H groups in total. The van der Waals surface area contributed by atoms with E-state index in [4.69, 9.17) is 16.3 Å². The number of nitrogens with zero attached hydrogens (tertiary/aromatic N) is 2. The quantitative estimate of drug-likeness (QED) is 0.423. The van der Waals surface area contributed by atoms with Crippen LogP contribution in [0.5, 0.6) is 0 Å². The first-order valence-corrected chi connectivity index (χ1v) is 12.3. The summed E-state index contributed by atoms with van der Waals surface area (Å²) in [4.78, 5) is 38.4. The maximum atomic E-state index is 12.9. The van der Waals surface area contributed by atoms with Gasteiger partial charge in [0.2, 0.25) is 5.91 Å². The number of carbonyl (C=O) groups excluding carboxylic acids is 2. The zero-order valence-electron chi connectivity index (χ0n) is 21.2. The molecule has 1 atom stereocenters. The number of carbonyl (C=O) groups is 2. The van der Waals surface area contributed by atoms with Gasteiger partial charge in [-0.05, 0) is 68.7 Å². The Labute approximate surface area is 221 Å². The molecule has 0 unspecified atom stereocenters. The molecule has 1 aromatic heterocycles. The number of nitrogens with one attached hydrogen (secondary N) is 1. The van der Waals surface area contributed by atoms with E-state index >= 15 is 0 Å². The average Bonchev–Trinajstić information content (AvgIpc) is 2.83. The van der Waals surface area contributed by atoms with Crippen molar-refractivity contribution < 1.29 is 19.4 Å². The van der Waals surface area contributed by atoms with Gasteiger partial charge in [0.25, 0.3) is 5.56 Å². The average molecular weight is 526 g/mol. The molecule has 0 fully saturated rings. The van der Waals surface area contributed by atoms with Crippen LogP contribution in [0.4, 0.5) is 10.5 Å². The van der Waals surface area contributed by atoms with Gasteiger partial charge in [-0.1, -0.05) is 41.9 Å². The molecule has 0 bridgehead atoms. The van der Waals surface area contributed by atoms with Gasteiger partial charge in [0, 0.05) is 29.5 Å². The lowest BCUT2D eigenvalue weighted by Gasteiger charge is -2.29. The number of aliphatic hydroxyl groups excluding tert-OH is 1. The molecule has 8 nitrogen and oxygen atoms in total. The summed E-state index contributed by atoms with van der Waals surface area (Å²) in [6.07, 6.45) is 0.620. The van der Waals surface area contributed by atoms with Gasteiger partial charge in [-0.2, -0.15) is 0 Å². The van der Waals surface area contributed by atoms with Crippen LogP contribution >= 0.6 is 11.6 Å². The molecule has 3 aromatic rings. The predicted molar refractivity (Wildman–Crippen MR) is 144 cm³/mol. The topological polar surface area (TPSA) is 101 Å². The van der Waals surface area contributed by atoms with E-state index in [1.165, 1.54) is 15.5 Å². The highest BCUT2D eigenvalue weighted by molar-refractivity contribution is 6.30. The molecule has 0 radical (unpaired) electrons. The fourth-order valence-corrected chi connectivity index (χ4v) is 3.78. The maximum Gasteiger partial charge on any atom is 0.410 e. The lowest BCUT2D eigenvalue weighted by molar-refractivity contribution is -0.116. The van der Waals surface area contributed by atoms with Crippen LogP contribution in [-0.4, -0.2) is 45.3 Å². The van der Waals surface area contributed by atoms with Crippen molar-refractivity contribution in [3.05, 3.63) is 99.4 Å². The third-order valence-corrected chi connectivity index (χ3v) is 5.63. The Morgan fingerprint density at radius 3 is 2.46 bits per heavy atom.